The lowest BCUT2D eigenvalue weighted by atomic mass is 10.1. The number of carbonyl (C=O) groups is 1. The quantitative estimate of drug-likeness (QED) is 0.546. The minimum atomic E-state index is -4.25. The summed E-state index contributed by atoms with van der Waals surface area (Å²) in [6.45, 7) is -2.18. The molecule has 116 valence electrons. The average molecular weight is 306 g/mol. The Hall–Kier alpha value is -1.63. The number of halogens is 4. The molecular formula is C14H14F4O3. The molecule has 1 fully saturated rings. The Kier molecular flexibility index (Phi) is 4.82. The second-order valence-corrected chi connectivity index (χ2v) is 4.82. The highest BCUT2D eigenvalue weighted by molar-refractivity contribution is 5.97. The molecule has 7 heteroatoms. The predicted molar refractivity (Wildman–Crippen MR) is 66.2 cm³/mol. The fourth-order valence-electron chi connectivity index (χ4n) is 1.55. The molecule has 0 aliphatic heterocycles. The van der Waals surface area contributed by atoms with Gasteiger partial charge in [0.2, 0.25) is 0 Å². The maximum Gasteiger partial charge on any atom is 0.330 e. The van der Waals surface area contributed by atoms with Gasteiger partial charge in [0.25, 0.3) is 0 Å². The molecule has 0 unspecified atom stereocenters. The van der Waals surface area contributed by atoms with Gasteiger partial charge in [-0.3, -0.25) is 4.79 Å². The molecule has 0 spiro atoms. The zero-order chi connectivity index (χ0) is 15.5. The number of carbonyl (C=O) groups excluding carboxylic acids is 1. The summed E-state index contributed by atoms with van der Waals surface area (Å²) in [7, 11) is 0. The van der Waals surface area contributed by atoms with Gasteiger partial charge in [-0.15, -0.1) is 0 Å². The third kappa shape index (κ3) is 4.70. The van der Waals surface area contributed by atoms with E-state index in [4.69, 9.17) is 4.74 Å². The van der Waals surface area contributed by atoms with E-state index in [1.807, 2.05) is 0 Å². The van der Waals surface area contributed by atoms with Gasteiger partial charge in [0, 0.05) is 5.56 Å². The fraction of sp³-hybridized carbons (Fsp3) is 0.500. The van der Waals surface area contributed by atoms with Crippen LogP contribution >= 0.6 is 0 Å². The summed E-state index contributed by atoms with van der Waals surface area (Å²) in [6, 6.07) is 6.24. The lowest BCUT2D eigenvalue weighted by molar-refractivity contribution is -0.163. The third-order valence-electron chi connectivity index (χ3n) is 2.83. The molecule has 1 aliphatic rings. The van der Waals surface area contributed by atoms with E-state index in [9.17, 15) is 22.4 Å². The van der Waals surface area contributed by atoms with Crippen LogP contribution in [0.25, 0.3) is 0 Å². The van der Waals surface area contributed by atoms with E-state index >= 15 is 0 Å². The number of rotatable bonds is 8. The first kappa shape index (κ1) is 15.8. The standard InChI is InChI=1S/C14H14F4O3/c15-13(16)14(17,18)8-20-7-12(19)9-2-1-3-11(6-9)21-10-4-5-10/h1-3,6,10,13H,4-5,7-8H2. The van der Waals surface area contributed by atoms with Crippen molar-refractivity contribution < 1.29 is 31.8 Å². The Bertz CT molecular complexity index is 501. The Morgan fingerprint density at radius 3 is 2.67 bits per heavy atom. The van der Waals surface area contributed by atoms with Crippen LogP contribution in [0, 0.1) is 0 Å². The van der Waals surface area contributed by atoms with Crippen LogP contribution in [0.3, 0.4) is 0 Å². The summed E-state index contributed by atoms with van der Waals surface area (Å²) in [5, 5.41) is 0. The van der Waals surface area contributed by atoms with Crippen molar-refractivity contribution >= 4 is 5.78 Å². The van der Waals surface area contributed by atoms with Crippen LogP contribution in [0.15, 0.2) is 24.3 Å². The highest BCUT2D eigenvalue weighted by Crippen LogP contribution is 2.27. The molecule has 0 heterocycles. The molecule has 2 rings (SSSR count). The highest BCUT2D eigenvalue weighted by atomic mass is 19.3. The van der Waals surface area contributed by atoms with E-state index in [1.54, 1.807) is 12.1 Å². The summed E-state index contributed by atoms with van der Waals surface area (Å²) in [4.78, 5) is 11.7. The lowest BCUT2D eigenvalue weighted by Crippen LogP contribution is -2.33. The molecule has 0 atom stereocenters. The molecule has 1 saturated carbocycles. The van der Waals surface area contributed by atoms with Gasteiger partial charge >= 0.3 is 12.3 Å². The second-order valence-electron chi connectivity index (χ2n) is 4.82. The minimum absolute atomic E-state index is 0.163. The van der Waals surface area contributed by atoms with Crippen molar-refractivity contribution in [3.05, 3.63) is 29.8 Å². The summed E-state index contributed by atoms with van der Waals surface area (Å²) in [5.41, 5.74) is 0.230. The summed E-state index contributed by atoms with van der Waals surface area (Å²) in [5.74, 6) is -4.31. The number of benzene rings is 1. The largest absolute Gasteiger partial charge is 0.490 e. The first-order valence-electron chi connectivity index (χ1n) is 6.42. The molecule has 21 heavy (non-hydrogen) atoms. The number of hydrogen-bond acceptors (Lipinski definition) is 3. The number of Topliss-reactive ketones (excluding diaryl/α,β-unsaturated/α-hetero) is 1. The van der Waals surface area contributed by atoms with Crippen molar-refractivity contribution in [2.45, 2.75) is 31.3 Å². The van der Waals surface area contributed by atoms with Gasteiger partial charge in [0.05, 0.1) is 6.10 Å². The van der Waals surface area contributed by atoms with Crippen LogP contribution in [0.1, 0.15) is 23.2 Å². The van der Waals surface area contributed by atoms with Crippen molar-refractivity contribution in [2.75, 3.05) is 13.2 Å². The Balaban J connectivity index is 1.85. The Morgan fingerprint density at radius 1 is 1.33 bits per heavy atom. The number of ketones is 1. The molecular weight excluding hydrogens is 292 g/mol. The van der Waals surface area contributed by atoms with Crippen molar-refractivity contribution in [3.8, 4) is 5.75 Å². The molecule has 1 aromatic carbocycles. The monoisotopic (exact) mass is 306 g/mol. The van der Waals surface area contributed by atoms with Gasteiger partial charge < -0.3 is 9.47 Å². The average Bonchev–Trinajstić information content (AvgIpc) is 3.22. The maximum atomic E-state index is 12.6. The number of ether oxygens (including phenoxy) is 2. The third-order valence-corrected chi connectivity index (χ3v) is 2.83. The van der Waals surface area contributed by atoms with Gasteiger partial charge in [-0.05, 0) is 25.0 Å². The molecule has 1 aromatic rings. The van der Waals surface area contributed by atoms with E-state index in [0.29, 0.717) is 5.75 Å². The predicted octanol–water partition coefficient (Wildman–Crippen LogP) is 3.33. The highest BCUT2D eigenvalue weighted by Gasteiger charge is 2.41. The van der Waals surface area contributed by atoms with Crippen LogP contribution in [0.2, 0.25) is 0 Å². The van der Waals surface area contributed by atoms with E-state index in [1.165, 1.54) is 12.1 Å². The Morgan fingerprint density at radius 2 is 2.05 bits per heavy atom. The smallest absolute Gasteiger partial charge is 0.330 e. The molecule has 0 saturated heterocycles. The fourth-order valence-corrected chi connectivity index (χ4v) is 1.55. The molecule has 1 aliphatic carbocycles. The molecule has 0 amide bonds. The normalized spacial score (nSPS) is 15.3. The van der Waals surface area contributed by atoms with Crippen molar-refractivity contribution in [2.24, 2.45) is 0 Å². The van der Waals surface area contributed by atoms with Crippen molar-refractivity contribution in [1.82, 2.24) is 0 Å². The number of hydrogen-bond donors (Lipinski definition) is 0. The SMILES string of the molecule is O=C(COCC(F)(F)C(F)F)c1cccc(OC2CC2)c1. The van der Waals surface area contributed by atoms with Gasteiger partial charge in [0.1, 0.15) is 19.0 Å². The van der Waals surface area contributed by atoms with E-state index in [0.717, 1.165) is 12.8 Å². The first-order chi connectivity index (χ1) is 9.88. The van der Waals surface area contributed by atoms with Gasteiger partial charge in [0.15, 0.2) is 5.78 Å². The zero-order valence-corrected chi connectivity index (χ0v) is 11.0. The zero-order valence-electron chi connectivity index (χ0n) is 11.0. The maximum absolute atomic E-state index is 12.6. The summed E-state index contributed by atoms with van der Waals surface area (Å²) in [6.07, 6.45) is -1.73. The van der Waals surface area contributed by atoms with Crippen LogP contribution in [-0.4, -0.2) is 37.4 Å². The van der Waals surface area contributed by atoms with E-state index in [2.05, 4.69) is 4.74 Å². The topological polar surface area (TPSA) is 35.5 Å². The molecule has 0 bridgehead atoms. The molecule has 3 nitrogen and oxygen atoms in total. The van der Waals surface area contributed by atoms with Gasteiger partial charge in [-0.2, -0.15) is 8.78 Å². The van der Waals surface area contributed by atoms with Crippen LogP contribution in [-0.2, 0) is 4.74 Å². The lowest BCUT2D eigenvalue weighted by Gasteiger charge is -2.14. The molecule has 0 radical (unpaired) electrons. The summed E-state index contributed by atoms with van der Waals surface area (Å²) >= 11 is 0. The van der Waals surface area contributed by atoms with Gasteiger partial charge in [-0.1, -0.05) is 12.1 Å². The Labute approximate surface area is 118 Å². The molecule has 0 aromatic heterocycles. The summed E-state index contributed by atoms with van der Waals surface area (Å²) < 4.78 is 58.9. The second kappa shape index (κ2) is 6.43. The van der Waals surface area contributed by atoms with Crippen molar-refractivity contribution in [3.63, 3.8) is 0 Å². The van der Waals surface area contributed by atoms with Crippen molar-refractivity contribution in [1.29, 1.82) is 0 Å². The van der Waals surface area contributed by atoms with Gasteiger partial charge in [-0.25, -0.2) is 8.78 Å². The molecule has 0 N–H and O–H groups in total. The van der Waals surface area contributed by atoms with E-state index < -0.39 is 31.3 Å². The van der Waals surface area contributed by atoms with Crippen LogP contribution in [0.4, 0.5) is 17.6 Å². The first-order valence-corrected chi connectivity index (χ1v) is 6.42. The minimum Gasteiger partial charge on any atom is -0.490 e. The van der Waals surface area contributed by atoms with E-state index in [-0.39, 0.29) is 11.7 Å². The van der Waals surface area contributed by atoms with Crippen LogP contribution < -0.4 is 4.74 Å². The van der Waals surface area contributed by atoms with Crippen LogP contribution in [0.5, 0.6) is 5.75 Å². The number of alkyl halides is 4.